The largest absolute Gasteiger partial charge is 0.340 e. The van der Waals surface area contributed by atoms with Gasteiger partial charge in [0.1, 0.15) is 11.1 Å². The second-order valence-electron chi connectivity index (χ2n) is 8.04. The van der Waals surface area contributed by atoms with Gasteiger partial charge in [-0.05, 0) is 63.7 Å². The third-order valence-corrected chi connectivity index (χ3v) is 6.31. The molecule has 1 heterocycles. The van der Waals surface area contributed by atoms with Crippen LogP contribution < -0.4 is 5.32 Å². The summed E-state index contributed by atoms with van der Waals surface area (Å²) in [5, 5.41) is 3.12. The van der Waals surface area contributed by atoms with Crippen molar-refractivity contribution in [1.29, 1.82) is 0 Å². The van der Waals surface area contributed by atoms with E-state index in [1.165, 1.54) is 12.8 Å². The van der Waals surface area contributed by atoms with Gasteiger partial charge in [0.25, 0.3) is 0 Å². The zero-order valence-electron chi connectivity index (χ0n) is 13.2. The topological polar surface area (TPSA) is 49.4 Å². The van der Waals surface area contributed by atoms with E-state index in [4.69, 9.17) is 0 Å². The maximum absolute atomic E-state index is 13.2. The van der Waals surface area contributed by atoms with Gasteiger partial charge in [-0.3, -0.25) is 9.59 Å². The number of hydrogen-bond donors (Lipinski definition) is 1. The minimum absolute atomic E-state index is 0.0924. The highest BCUT2D eigenvalue weighted by Crippen LogP contribution is 2.50. The van der Waals surface area contributed by atoms with E-state index in [1.54, 1.807) is 0 Å². The van der Waals surface area contributed by atoms with E-state index in [2.05, 4.69) is 5.32 Å². The molecule has 0 aromatic carbocycles. The molecular weight excluding hydrogens is 264 g/mol. The van der Waals surface area contributed by atoms with Crippen molar-refractivity contribution in [2.24, 2.45) is 17.8 Å². The first-order valence-corrected chi connectivity index (χ1v) is 8.61. The average Bonchev–Trinajstić information content (AvgIpc) is 3.30. The Morgan fingerprint density at radius 1 is 1.05 bits per heavy atom. The summed E-state index contributed by atoms with van der Waals surface area (Å²) in [5.74, 6) is 1.78. The number of hydrogen-bond acceptors (Lipinski definition) is 2. The second-order valence-corrected chi connectivity index (χ2v) is 8.04. The molecule has 3 aliphatic carbocycles. The van der Waals surface area contributed by atoms with Crippen molar-refractivity contribution >= 4 is 11.8 Å². The van der Waals surface area contributed by atoms with Gasteiger partial charge >= 0.3 is 0 Å². The van der Waals surface area contributed by atoms with Crippen LogP contribution in [0.2, 0.25) is 0 Å². The Morgan fingerprint density at radius 2 is 1.67 bits per heavy atom. The summed E-state index contributed by atoms with van der Waals surface area (Å²) in [6.07, 6.45) is 7.97. The average molecular weight is 290 g/mol. The fraction of sp³-hybridized carbons (Fsp3) is 0.882. The summed E-state index contributed by atoms with van der Waals surface area (Å²) < 4.78 is 0. The first kappa shape index (κ1) is 13.6. The van der Waals surface area contributed by atoms with Gasteiger partial charge in [-0.25, -0.2) is 0 Å². The normalized spacial score (nSPS) is 40.4. The molecule has 1 saturated heterocycles. The first-order chi connectivity index (χ1) is 9.96. The van der Waals surface area contributed by atoms with E-state index < -0.39 is 11.1 Å². The lowest BCUT2D eigenvalue weighted by Gasteiger charge is -2.51. The summed E-state index contributed by atoms with van der Waals surface area (Å²) >= 11 is 0. The third-order valence-electron chi connectivity index (χ3n) is 6.31. The zero-order valence-corrected chi connectivity index (χ0v) is 13.2. The van der Waals surface area contributed by atoms with Gasteiger partial charge in [-0.1, -0.05) is 12.8 Å². The van der Waals surface area contributed by atoms with Crippen LogP contribution in [0.1, 0.15) is 58.8 Å². The Balaban J connectivity index is 1.63. The highest BCUT2D eigenvalue weighted by molar-refractivity contribution is 6.02. The lowest BCUT2D eigenvalue weighted by atomic mass is 9.81. The minimum Gasteiger partial charge on any atom is -0.340 e. The molecule has 21 heavy (non-hydrogen) atoms. The van der Waals surface area contributed by atoms with Crippen LogP contribution in [-0.2, 0) is 9.59 Å². The number of amides is 2. The lowest BCUT2D eigenvalue weighted by molar-refractivity contribution is -0.164. The quantitative estimate of drug-likeness (QED) is 0.843. The van der Waals surface area contributed by atoms with Gasteiger partial charge < -0.3 is 10.2 Å². The first-order valence-electron chi connectivity index (χ1n) is 8.61. The van der Waals surface area contributed by atoms with Crippen molar-refractivity contribution < 1.29 is 9.59 Å². The van der Waals surface area contributed by atoms with E-state index in [9.17, 15) is 9.59 Å². The van der Waals surface area contributed by atoms with Crippen molar-refractivity contribution in [3.8, 4) is 0 Å². The fourth-order valence-corrected chi connectivity index (χ4v) is 4.07. The highest BCUT2D eigenvalue weighted by atomic mass is 16.2. The number of rotatable bonds is 5. The molecule has 4 heteroatoms. The molecule has 4 nitrogen and oxygen atoms in total. The molecule has 3 saturated carbocycles. The van der Waals surface area contributed by atoms with Gasteiger partial charge in [0.05, 0.1) is 0 Å². The molecule has 1 N–H and O–H groups in total. The van der Waals surface area contributed by atoms with E-state index in [0.29, 0.717) is 11.8 Å². The van der Waals surface area contributed by atoms with Crippen molar-refractivity contribution in [2.75, 3.05) is 6.54 Å². The molecule has 0 aromatic heterocycles. The van der Waals surface area contributed by atoms with Gasteiger partial charge in [-0.2, -0.15) is 0 Å². The summed E-state index contributed by atoms with van der Waals surface area (Å²) in [7, 11) is 0. The van der Waals surface area contributed by atoms with E-state index >= 15 is 0 Å². The Labute approximate surface area is 126 Å². The number of piperazine rings is 1. The van der Waals surface area contributed by atoms with Gasteiger partial charge in [0.2, 0.25) is 11.8 Å². The standard InChI is InChI=1S/C17H26N2O2/c1-16(12-5-6-12)15(21)19(10-9-11-3-4-11)17(2,13-7-8-13)14(20)18-16/h11-13H,3-10H2,1-2H3,(H,18,20). The Kier molecular flexibility index (Phi) is 2.74. The lowest BCUT2D eigenvalue weighted by Crippen LogP contribution is -2.75. The molecule has 2 unspecified atom stereocenters. The van der Waals surface area contributed by atoms with Crippen LogP contribution in [0.3, 0.4) is 0 Å². The monoisotopic (exact) mass is 290 g/mol. The summed E-state index contributed by atoms with van der Waals surface area (Å²) in [4.78, 5) is 28.0. The Morgan fingerprint density at radius 3 is 2.19 bits per heavy atom. The Hall–Kier alpha value is -1.06. The number of nitrogens with one attached hydrogen (secondary N) is 1. The molecular formula is C17H26N2O2. The fourth-order valence-electron chi connectivity index (χ4n) is 4.07. The van der Waals surface area contributed by atoms with Crippen LogP contribution in [0.4, 0.5) is 0 Å². The maximum Gasteiger partial charge on any atom is 0.249 e. The van der Waals surface area contributed by atoms with Crippen molar-refractivity contribution in [3.05, 3.63) is 0 Å². The molecule has 4 fully saturated rings. The Bertz CT molecular complexity index is 493. The van der Waals surface area contributed by atoms with Crippen molar-refractivity contribution in [1.82, 2.24) is 10.2 Å². The number of carbonyl (C=O) groups excluding carboxylic acids is 2. The van der Waals surface area contributed by atoms with Crippen LogP contribution in [-0.4, -0.2) is 34.3 Å². The molecule has 0 spiro atoms. The van der Waals surface area contributed by atoms with Crippen LogP contribution in [0.5, 0.6) is 0 Å². The summed E-state index contributed by atoms with van der Waals surface area (Å²) in [6, 6.07) is 0. The molecule has 0 radical (unpaired) electrons. The van der Waals surface area contributed by atoms with Crippen LogP contribution in [0.25, 0.3) is 0 Å². The van der Waals surface area contributed by atoms with Crippen LogP contribution in [0.15, 0.2) is 0 Å². The van der Waals surface area contributed by atoms with Gasteiger partial charge in [-0.15, -0.1) is 0 Å². The maximum atomic E-state index is 13.2. The van der Waals surface area contributed by atoms with Crippen molar-refractivity contribution in [2.45, 2.75) is 69.9 Å². The SMILES string of the molecule is CC1(C2CC2)NC(=O)C(C)(C2CC2)N(CCC2CC2)C1=O. The van der Waals surface area contributed by atoms with Crippen molar-refractivity contribution in [3.63, 3.8) is 0 Å². The van der Waals surface area contributed by atoms with Gasteiger partial charge in [0, 0.05) is 6.54 Å². The highest BCUT2D eigenvalue weighted by Gasteiger charge is 2.63. The predicted octanol–water partition coefficient (Wildman–Crippen LogP) is 2.08. The second kappa shape index (κ2) is 4.23. The smallest absolute Gasteiger partial charge is 0.249 e. The molecule has 4 rings (SSSR count). The molecule has 0 aromatic rings. The molecule has 116 valence electrons. The number of nitrogens with zero attached hydrogens (tertiary/aromatic N) is 1. The van der Waals surface area contributed by atoms with E-state index in [0.717, 1.165) is 44.6 Å². The summed E-state index contributed by atoms with van der Waals surface area (Å²) in [5.41, 5.74) is -1.24. The van der Waals surface area contributed by atoms with Gasteiger partial charge in [0.15, 0.2) is 0 Å². The van der Waals surface area contributed by atoms with E-state index in [1.807, 2.05) is 18.7 Å². The summed E-state index contributed by atoms with van der Waals surface area (Å²) in [6.45, 7) is 4.71. The molecule has 2 amide bonds. The molecule has 1 aliphatic heterocycles. The van der Waals surface area contributed by atoms with Crippen LogP contribution >= 0.6 is 0 Å². The van der Waals surface area contributed by atoms with Crippen LogP contribution in [0, 0.1) is 17.8 Å². The number of carbonyl (C=O) groups is 2. The molecule has 0 bridgehead atoms. The minimum atomic E-state index is -0.644. The predicted molar refractivity (Wildman–Crippen MR) is 79.5 cm³/mol. The zero-order chi connectivity index (χ0) is 14.8. The molecule has 2 atom stereocenters. The molecule has 4 aliphatic rings. The van der Waals surface area contributed by atoms with E-state index in [-0.39, 0.29) is 11.8 Å². The third kappa shape index (κ3) is 2.01.